The maximum Gasteiger partial charge on any atom is 0.251 e. The van der Waals surface area contributed by atoms with Crippen molar-refractivity contribution in [1.29, 1.82) is 0 Å². The molecule has 8 nitrogen and oxygen atoms in total. The Labute approximate surface area is 170 Å². The van der Waals surface area contributed by atoms with Crippen molar-refractivity contribution >= 4 is 28.1 Å². The zero-order chi connectivity index (χ0) is 20.3. The highest BCUT2D eigenvalue weighted by Gasteiger charge is 2.30. The van der Waals surface area contributed by atoms with Crippen LogP contribution in [0.4, 0.5) is 0 Å². The van der Waals surface area contributed by atoms with Gasteiger partial charge in [-0.3, -0.25) is 9.89 Å². The first-order valence-corrected chi connectivity index (χ1v) is 11.2. The number of piperidine rings is 1. The second kappa shape index (κ2) is 8.54. The van der Waals surface area contributed by atoms with Crippen molar-refractivity contribution in [2.75, 3.05) is 6.54 Å². The molecule has 1 unspecified atom stereocenters. The van der Waals surface area contributed by atoms with Crippen LogP contribution >= 0.6 is 12.2 Å². The number of nitrogens with zero attached hydrogens (tertiary/aromatic N) is 3. The SMILES string of the molecule is CCn1c(CNC(=O)c2ccc(S(=O)(=O)N3CCCCC3C)cc2)n[nH]c1=S. The molecule has 1 atom stereocenters. The number of amides is 1. The topological polar surface area (TPSA) is 100 Å². The molecule has 10 heteroatoms. The minimum Gasteiger partial charge on any atom is -0.345 e. The van der Waals surface area contributed by atoms with Crippen LogP contribution in [0, 0.1) is 4.77 Å². The van der Waals surface area contributed by atoms with Gasteiger partial charge in [0.2, 0.25) is 10.0 Å². The standard InChI is InChI=1S/C18H25N5O3S2/c1-3-22-16(20-21-18(22)27)12-19-17(24)14-7-9-15(10-8-14)28(25,26)23-11-5-4-6-13(23)2/h7-10,13H,3-6,11-12H2,1-2H3,(H,19,24)(H,21,27). The summed E-state index contributed by atoms with van der Waals surface area (Å²) in [6.45, 7) is 5.30. The molecule has 1 saturated heterocycles. The van der Waals surface area contributed by atoms with Crippen molar-refractivity contribution in [2.24, 2.45) is 0 Å². The summed E-state index contributed by atoms with van der Waals surface area (Å²) >= 11 is 5.13. The van der Waals surface area contributed by atoms with Crippen LogP contribution in [0.3, 0.4) is 0 Å². The molecule has 0 radical (unpaired) electrons. The predicted octanol–water partition coefficient (Wildman–Crippen LogP) is 2.45. The number of nitrogens with one attached hydrogen (secondary N) is 2. The summed E-state index contributed by atoms with van der Waals surface area (Å²) in [7, 11) is -3.54. The van der Waals surface area contributed by atoms with Gasteiger partial charge in [0, 0.05) is 24.7 Å². The molecule has 1 aromatic heterocycles. The van der Waals surface area contributed by atoms with Crippen LogP contribution in [0.25, 0.3) is 0 Å². The van der Waals surface area contributed by atoms with E-state index in [4.69, 9.17) is 12.2 Å². The molecule has 0 saturated carbocycles. The van der Waals surface area contributed by atoms with Crippen LogP contribution in [-0.4, -0.2) is 46.0 Å². The molecule has 2 N–H and O–H groups in total. The van der Waals surface area contributed by atoms with E-state index in [0.717, 1.165) is 19.3 Å². The molecule has 1 aromatic carbocycles. The first-order valence-electron chi connectivity index (χ1n) is 9.38. The van der Waals surface area contributed by atoms with Crippen molar-refractivity contribution in [2.45, 2.75) is 57.1 Å². The molecule has 2 aromatic rings. The van der Waals surface area contributed by atoms with Gasteiger partial charge in [0.25, 0.3) is 5.91 Å². The van der Waals surface area contributed by atoms with E-state index in [0.29, 0.717) is 29.2 Å². The van der Waals surface area contributed by atoms with Crippen LogP contribution in [0.5, 0.6) is 0 Å². The van der Waals surface area contributed by atoms with E-state index in [1.54, 1.807) is 8.87 Å². The van der Waals surface area contributed by atoms with E-state index in [1.165, 1.54) is 24.3 Å². The number of hydrogen-bond acceptors (Lipinski definition) is 5. The molecule has 1 aliphatic rings. The van der Waals surface area contributed by atoms with E-state index in [9.17, 15) is 13.2 Å². The lowest BCUT2D eigenvalue weighted by Gasteiger charge is -2.32. The highest BCUT2D eigenvalue weighted by atomic mass is 32.2. The maximum absolute atomic E-state index is 12.9. The normalized spacial score (nSPS) is 18.1. The van der Waals surface area contributed by atoms with Gasteiger partial charge in [0.15, 0.2) is 10.6 Å². The number of hydrogen-bond donors (Lipinski definition) is 2. The van der Waals surface area contributed by atoms with E-state index < -0.39 is 10.0 Å². The Morgan fingerprint density at radius 3 is 2.68 bits per heavy atom. The second-order valence-electron chi connectivity index (χ2n) is 6.86. The predicted molar refractivity (Wildman–Crippen MR) is 108 cm³/mol. The third-order valence-electron chi connectivity index (χ3n) is 5.03. The largest absolute Gasteiger partial charge is 0.345 e. The van der Waals surface area contributed by atoms with Crippen molar-refractivity contribution < 1.29 is 13.2 Å². The zero-order valence-corrected chi connectivity index (χ0v) is 17.6. The summed E-state index contributed by atoms with van der Waals surface area (Å²) in [6.07, 6.45) is 2.80. The minimum absolute atomic E-state index is 0.00453. The average Bonchev–Trinajstić information content (AvgIpc) is 3.06. The third-order valence-corrected chi connectivity index (χ3v) is 7.37. The first-order chi connectivity index (χ1) is 13.3. The Morgan fingerprint density at radius 1 is 1.32 bits per heavy atom. The molecule has 0 spiro atoms. The lowest BCUT2D eigenvalue weighted by Crippen LogP contribution is -2.41. The molecular weight excluding hydrogens is 398 g/mol. The summed E-state index contributed by atoms with van der Waals surface area (Å²) < 4.78 is 29.6. The average molecular weight is 424 g/mol. The van der Waals surface area contributed by atoms with Gasteiger partial charge in [-0.2, -0.15) is 9.40 Å². The Morgan fingerprint density at radius 2 is 2.04 bits per heavy atom. The van der Waals surface area contributed by atoms with Crippen LogP contribution in [0.15, 0.2) is 29.2 Å². The summed E-state index contributed by atoms with van der Waals surface area (Å²) in [5.41, 5.74) is 0.392. The quantitative estimate of drug-likeness (QED) is 0.695. The van der Waals surface area contributed by atoms with Gasteiger partial charge in [-0.15, -0.1) is 0 Å². The number of carbonyl (C=O) groups excluding carboxylic acids is 1. The molecule has 3 rings (SSSR count). The number of sulfonamides is 1. The van der Waals surface area contributed by atoms with E-state index >= 15 is 0 Å². The lowest BCUT2D eigenvalue weighted by molar-refractivity contribution is 0.0949. The second-order valence-corrected chi connectivity index (χ2v) is 9.13. The van der Waals surface area contributed by atoms with E-state index in [2.05, 4.69) is 15.5 Å². The Kier molecular flexibility index (Phi) is 6.31. The summed E-state index contributed by atoms with van der Waals surface area (Å²) in [5, 5.41) is 9.59. The highest BCUT2D eigenvalue weighted by Crippen LogP contribution is 2.25. The smallest absolute Gasteiger partial charge is 0.251 e. The first kappa shape index (κ1) is 20.7. The Balaban J connectivity index is 1.69. The maximum atomic E-state index is 12.9. The molecule has 2 heterocycles. The Bertz CT molecular complexity index is 995. The van der Waals surface area contributed by atoms with Gasteiger partial charge < -0.3 is 9.88 Å². The van der Waals surface area contributed by atoms with Gasteiger partial charge >= 0.3 is 0 Å². The van der Waals surface area contributed by atoms with E-state index in [1.807, 2.05) is 13.8 Å². The summed E-state index contributed by atoms with van der Waals surface area (Å²) in [6, 6.07) is 6.05. The van der Waals surface area contributed by atoms with Crippen molar-refractivity contribution in [3.05, 3.63) is 40.4 Å². The number of carbonyl (C=O) groups is 1. The molecule has 1 amide bonds. The zero-order valence-electron chi connectivity index (χ0n) is 16.0. The van der Waals surface area contributed by atoms with Crippen molar-refractivity contribution in [3.63, 3.8) is 0 Å². The van der Waals surface area contributed by atoms with Crippen LogP contribution in [0.1, 0.15) is 49.3 Å². The minimum atomic E-state index is -3.54. The molecule has 28 heavy (non-hydrogen) atoms. The molecule has 0 bridgehead atoms. The van der Waals surface area contributed by atoms with Gasteiger partial charge in [-0.1, -0.05) is 6.42 Å². The van der Waals surface area contributed by atoms with E-state index in [-0.39, 0.29) is 23.4 Å². The van der Waals surface area contributed by atoms with Gasteiger partial charge in [0.05, 0.1) is 11.4 Å². The number of benzene rings is 1. The van der Waals surface area contributed by atoms with Gasteiger partial charge in [-0.05, 0) is 63.2 Å². The molecule has 0 aliphatic carbocycles. The van der Waals surface area contributed by atoms with Crippen molar-refractivity contribution in [3.8, 4) is 0 Å². The van der Waals surface area contributed by atoms with Gasteiger partial charge in [-0.25, -0.2) is 8.42 Å². The summed E-state index contributed by atoms with van der Waals surface area (Å²) in [5.74, 6) is 0.339. The third kappa shape index (κ3) is 4.18. The van der Waals surface area contributed by atoms with Crippen molar-refractivity contribution in [1.82, 2.24) is 24.4 Å². The monoisotopic (exact) mass is 423 g/mol. The fraction of sp³-hybridized carbons (Fsp3) is 0.500. The number of H-pyrrole nitrogens is 1. The fourth-order valence-electron chi connectivity index (χ4n) is 3.42. The molecular formula is C18H25N5O3S2. The fourth-order valence-corrected chi connectivity index (χ4v) is 5.39. The molecule has 1 aliphatic heterocycles. The highest BCUT2D eigenvalue weighted by molar-refractivity contribution is 7.89. The number of rotatable bonds is 6. The van der Waals surface area contributed by atoms with Gasteiger partial charge in [0.1, 0.15) is 0 Å². The van der Waals surface area contributed by atoms with Crippen LogP contribution in [0.2, 0.25) is 0 Å². The number of aromatic amines is 1. The summed E-state index contributed by atoms with van der Waals surface area (Å²) in [4.78, 5) is 12.6. The van der Waals surface area contributed by atoms with Crippen LogP contribution < -0.4 is 5.32 Å². The molecule has 152 valence electrons. The molecule has 1 fully saturated rings. The Hall–Kier alpha value is -2.04. The van der Waals surface area contributed by atoms with Crippen LogP contribution in [-0.2, 0) is 23.1 Å². The lowest BCUT2D eigenvalue weighted by atomic mass is 10.1. The number of aromatic nitrogens is 3.